The van der Waals surface area contributed by atoms with Crippen LogP contribution in [-0.2, 0) is 19.0 Å². The second-order valence-corrected chi connectivity index (χ2v) is 6.89. The van der Waals surface area contributed by atoms with Gasteiger partial charge in [0.15, 0.2) is 0 Å². The minimum Gasteiger partial charge on any atom is -0.458 e. The first-order chi connectivity index (χ1) is 10.6. The van der Waals surface area contributed by atoms with Crippen LogP contribution in [0.25, 0.3) is 0 Å². The molecule has 0 aromatic rings. The molecule has 0 N–H and O–H groups in total. The Kier molecular flexibility index (Phi) is 3.28. The maximum absolute atomic E-state index is 12.2. The summed E-state index contributed by atoms with van der Waals surface area (Å²) >= 11 is 0. The zero-order valence-corrected chi connectivity index (χ0v) is 12.9. The molecule has 1 saturated heterocycles. The van der Waals surface area contributed by atoms with Gasteiger partial charge in [-0.2, -0.15) is 0 Å². The average Bonchev–Trinajstić information content (AvgIpc) is 3.10. The van der Waals surface area contributed by atoms with Gasteiger partial charge in [-0.15, -0.1) is 0 Å². The lowest BCUT2D eigenvalue weighted by Crippen LogP contribution is -2.25. The van der Waals surface area contributed by atoms with E-state index in [4.69, 9.17) is 14.2 Å². The molecular weight excluding hydrogens is 280 g/mol. The highest BCUT2D eigenvalue weighted by atomic mass is 16.7. The first kappa shape index (κ1) is 13.9. The van der Waals surface area contributed by atoms with E-state index in [2.05, 4.69) is 6.58 Å². The van der Waals surface area contributed by atoms with Gasteiger partial charge < -0.3 is 14.2 Å². The van der Waals surface area contributed by atoms with Gasteiger partial charge in [0.2, 0.25) is 0 Å². The van der Waals surface area contributed by atoms with Gasteiger partial charge in [0, 0.05) is 12.0 Å². The number of carbonyl (C=O) groups is 1. The zero-order valence-electron chi connectivity index (χ0n) is 12.9. The third-order valence-corrected chi connectivity index (χ3v) is 5.63. The summed E-state index contributed by atoms with van der Waals surface area (Å²) in [5.41, 5.74) is 1.66. The second kappa shape index (κ2) is 5.18. The normalized spacial score (nSPS) is 41.8. The molecule has 0 aromatic carbocycles. The van der Waals surface area contributed by atoms with Crippen molar-refractivity contribution in [3.8, 4) is 0 Å². The van der Waals surface area contributed by atoms with Crippen LogP contribution in [-0.4, -0.2) is 18.4 Å². The summed E-state index contributed by atoms with van der Waals surface area (Å²) in [6, 6.07) is 0. The van der Waals surface area contributed by atoms with Gasteiger partial charge in [-0.05, 0) is 37.2 Å². The molecule has 4 rings (SSSR count). The molecule has 5 atom stereocenters. The van der Waals surface area contributed by atoms with E-state index in [1.54, 1.807) is 6.26 Å². The summed E-state index contributed by atoms with van der Waals surface area (Å²) in [5.74, 6) is 1.89. The molecule has 0 radical (unpaired) electrons. The summed E-state index contributed by atoms with van der Waals surface area (Å²) in [5, 5.41) is 0. The van der Waals surface area contributed by atoms with E-state index >= 15 is 0 Å². The molecular formula is C18H22O4. The van der Waals surface area contributed by atoms with Gasteiger partial charge in [0.25, 0.3) is 6.29 Å². The fourth-order valence-electron chi connectivity index (χ4n) is 4.44. The maximum atomic E-state index is 12.2. The minimum atomic E-state index is -0.476. The van der Waals surface area contributed by atoms with E-state index in [0.717, 1.165) is 12.0 Å². The molecule has 2 aliphatic carbocycles. The molecule has 0 spiro atoms. The van der Waals surface area contributed by atoms with Crippen molar-refractivity contribution < 1.29 is 19.0 Å². The Morgan fingerprint density at radius 3 is 2.91 bits per heavy atom. The van der Waals surface area contributed by atoms with Crippen LogP contribution in [0.1, 0.15) is 39.0 Å². The molecule has 22 heavy (non-hydrogen) atoms. The average molecular weight is 302 g/mol. The molecule has 0 aromatic heterocycles. The van der Waals surface area contributed by atoms with Gasteiger partial charge in [0.05, 0.1) is 11.8 Å². The van der Waals surface area contributed by atoms with Gasteiger partial charge in [-0.25, -0.2) is 4.79 Å². The lowest BCUT2D eigenvalue weighted by molar-refractivity contribution is -0.141. The molecule has 2 aliphatic heterocycles. The fourth-order valence-corrected chi connectivity index (χ4v) is 4.44. The largest absolute Gasteiger partial charge is 0.458 e. The number of carbonyl (C=O) groups excluding carboxylic acids is 1. The number of allylic oxidation sites excluding steroid dienone is 1. The highest BCUT2D eigenvalue weighted by Gasteiger charge is 2.53. The summed E-state index contributed by atoms with van der Waals surface area (Å²) in [7, 11) is 0. The number of ether oxygens (including phenoxy) is 3. The van der Waals surface area contributed by atoms with E-state index in [1.807, 2.05) is 13.0 Å². The molecule has 118 valence electrons. The summed E-state index contributed by atoms with van der Waals surface area (Å²) < 4.78 is 16.8. The topological polar surface area (TPSA) is 44.8 Å². The highest BCUT2D eigenvalue weighted by molar-refractivity contribution is 5.91. The molecule has 2 heterocycles. The molecule has 0 bridgehead atoms. The summed E-state index contributed by atoms with van der Waals surface area (Å²) in [6.45, 7) is 5.73. The van der Waals surface area contributed by atoms with Gasteiger partial charge >= 0.3 is 5.97 Å². The van der Waals surface area contributed by atoms with Crippen LogP contribution < -0.4 is 0 Å². The van der Waals surface area contributed by atoms with Crippen molar-refractivity contribution in [1.29, 1.82) is 0 Å². The molecule has 3 fully saturated rings. The molecule has 4 heteroatoms. The van der Waals surface area contributed by atoms with E-state index in [0.29, 0.717) is 23.2 Å². The van der Waals surface area contributed by atoms with Crippen molar-refractivity contribution in [1.82, 2.24) is 0 Å². The third kappa shape index (κ3) is 2.16. The number of hydrogen-bond acceptors (Lipinski definition) is 4. The Bertz CT molecular complexity index is 574. The van der Waals surface area contributed by atoms with Crippen molar-refractivity contribution in [2.75, 3.05) is 0 Å². The highest BCUT2D eigenvalue weighted by Crippen LogP contribution is 2.52. The standard InChI is InChI=1S/C18H22O4/c1-10-7-16(21-11(10)2)20-9-15-14-8-12-5-3-4-6-13(12)17(14)22-18(15)19/h7,9,12-14,16-17H,2-6,8H2,1H3/b15-9+. The SMILES string of the molecule is C=C1OC(O/C=C2/C(=O)OC3C2CC2CCCCC23)C=C1C. The fraction of sp³-hybridized carbons (Fsp3) is 0.611. The van der Waals surface area contributed by atoms with Gasteiger partial charge in [0.1, 0.15) is 11.9 Å². The predicted octanol–water partition coefficient (Wildman–Crippen LogP) is 3.45. The van der Waals surface area contributed by atoms with Crippen LogP contribution in [0.4, 0.5) is 0 Å². The van der Waals surface area contributed by atoms with Crippen molar-refractivity contribution in [2.45, 2.75) is 51.4 Å². The third-order valence-electron chi connectivity index (χ3n) is 5.63. The van der Waals surface area contributed by atoms with Crippen molar-refractivity contribution in [2.24, 2.45) is 17.8 Å². The number of hydrogen-bond donors (Lipinski definition) is 0. The number of fused-ring (bicyclic) bond motifs is 3. The maximum Gasteiger partial charge on any atom is 0.337 e. The molecule has 4 aliphatic rings. The summed E-state index contributed by atoms with van der Waals surface area (Å²) in [6.07, 6.45) is 9.13. The second-order valence-electron chi connectivity index (χ2n) is 6.89. The summed E-state index contributed by atoms with van der Waals surface area (Å²) in [4.78, 5) is 12.2. The van der Waals surface area contributed by atoms with Crippen LogP contribution in [0, 0.1) is 17.8 Å². The zero-order chi connectivity index (χ0) is 15.3. The van der Waals surface area contributed by atoms with Crippen LogP contribution in [0.5, 0.6) is 0 Å². The monoisotopic (exact) mass is 302 g/mol. The lowest BCUT2D eigenvalue weighted by Gasteiger charge is -2.27. The van der Waals surface area contributed by atoms with Gasteiger partial charge in [-0.3, -0.25) is 0 Å². The van der Waals surface area contributed by atoms with E-state index in [1.165, 1.54) is 25.7 Å². The smallest absolute Gasteiger partial charge is 0.337 e. The molecule has 4 nitrogen and oxygen atoms in total. The van der Waals surface area contributed by atoms with E-state index < -0.39 is 6.29 Å². The van der Waals surface area contributed by atoms with Crippen LogP contribution in [0.3, 0.4) is 0 Å². The molecule has 0 amide bonds. The Hall–Kier alpha value is -1.71. The Morgan fingerprint density at radius 2 is 2.14 bits per heavy atom. The Labute approximate surface area is 130 Å². The lowest BCUT2D eigenvalue weighted by atomic mass is 9.81. The first-order valence-corrected chi connectivity index (χ1v) is 8.24. The van der Waals surface area contributed by atoms with Gasteiger partial charge in [-0.1, -0.05) is 25.8 Å². The van der Waals surface area contributed by atoms with Crippen molar-refractivity contribution in [3.63, 3.8) is 0 Å². The minimum absolute atomic E-state index is 0.0735. The van der Waals surface area contributed by atoms with E-state index in [-0.39, 0.29) is 18.0 Å². The van der Waals surface area contributed by atoms with Crippen LogP contribution in [0.2, 0.25) is 0 Å². The van der Waals surface area contributed by atoms with Crippen molar-refractivity contribution in [3.05, 3.63) is 35.8 Å². The number of rotatable bonds is 2. The predicted molar refractivity (Wildman–Crippen MR) is 80.4 cm³/mol. The van der Waals surface area contributed by atoms with Crippen LogP contribution >= 0.6 is 0 Å². The van der Waals surface area contributed by atoms with Crippen molar-refractivity contribution >= 4 is 5.97 Å². The van der Waals surface area contributed by atoms with Crippen LogP contribution in [0.15, 0.2) is 35.8 Å². The van der Waals surface area contributed by atoms with E-state index in [9.17, 15) is 4.79 Å². The Balaban J connectivity index is 1.49. The number of esters is 1. The quantitative estimate of drug-likeness (QED) is 0.445. The Morgan fingerprint density at radius 1 is 1.32 bits per heavy atom. The molecule has 5 unspecified atom stereocenters. The molecule has 2 saturated carbocycles. The first-order valence-electron chi connectivity index (χ1n) is 8.24.